The fourth-order valence-corrected chi connectivity index (χ4v) is 7.78. The van der Waals surface area contributed by atoms with E-state index in [2.05, 4.69) is 0 Å². The molecule has 0 aromatic heterocycles. The summed E-state index contributed by atoms with van der Waals surface area (Å²) in [5.41, 5.74) is 1.09. The third-order valence-corrected chi connectivity index (χ3v) is 11.3. The molecule has 2 aromatic rings. The Bertz CT molecular complexity index is 1080. The summed E-state index contributed by atoms with van der Waals surface area (Å²) in [6, 6.07) is 15.9. The number of hydrogen-bond acceptors (Lipinski definition) is 4. The number of sulfonamides is 2. The molecule has 0 amide bonds. The minimum Gasteiger partial charge on any atom is -0.217 e. The molecule has 0 spiro atoms. The standard InChI is InChI=1S/C12H18NO2S.C11H16NO2S/c1-11-5-7-12(8-6-11)16(14,15)13(2)9-3-4-10-13;1-12(9-5-6-10-12)15(13,14)11-7-3-2-4-8-11/h5-8H,3-4,9-10H2,1-2H3;2-4,7-8H,5-6,9-10H2,1H3/q2*+1. The normalized spacial score (nSPS) is 20.1. The number of quaternary nitrogens is 2. The smallest absolute Gasteiger partial charge is 0.217 e. The monoisotopic (exact) mass is 466 g/mol. The van der Waals surface area contributed by atoms with Gasteiger partial charge in [0, 0.05) is 25.7 Å². The highest BCUT2D eigenvalue weighted by molar-refractivity contribution is 7.86. The van der Waals surface area contributed by atoms with Crippen LogP contribution in [0.2, 0.25) is 0 Å². The fourth-order valence-electron chi connectivity index (χ4n) is 4.30. The van der Waals surface area contributed by atoms with E-state index in [1.165, 1.54) is 0 Å². The van der Waals surface area contributed by atoms with Gasteiger partial charge < -0.3 is 0 Å². The van der Waals surface area contributed by atoms with Crippen LogP contribution in [0, 0.1) is 6.92 Å². The van der Waals surface area contributed by atoms with Crippen LogP contribution in [0.25, 0.3) is 0 Å². The molecular weight excluding hydrogens is 432 g/mol. The molecule has 2 aliphatic heterocycles. The summed E-state index contributed by atoms with van der Waals surface area (Å²) < 4.78 is 49.9. The second kappa shape index (κ2) is 9.02. The number of hydrogen-bond donors (Lipinski definition) is 0. The first-order chi connectivity index (χ1) is 14.5. The van der Waals surface area contributed by atoms with Gasteiger partial charge in [-0.25, -0.2) is 7.78 Å². The predicted molar refractivity (Wildman–Crippen MR) is 122 cm³/mol. The minimum absolute atomic E-state index is 0.163. The van der Waals surface area contributed by atoms with Gasteiger partial charge in [-0.15, -0.1) is 0 Å². The zero-order valence-electron chi connectivity index (χ0n) is 18.7. The number of likely N-dealkylation sites (tertiary alicyclic amines) is 2. The molecule has 8 heteroatoms. The quantitative estimate of drug-likeness (QED) is 0.647. The molecule has 4 rings (SSSR count). The zero-order valence-corrected chi connectivity index (χ0v) is 20.3. The lowest BCUT2D eigenvalue weighted by atomic mass is 10.2. The van der Waals surface area contributed by atoms with Crippen LogP contribution < -0.4 is 0 Å². The predicted octanol–water partition coefficient (Wildman–Crippen LogP) is 3.54. The molecule has 2 fully saturated rings. The van der Waals surface area contributed by atoms with Gasteiger partial charge in [0.2, 0.25) is 0 Å². The van der Waals surface area contributed by atoms with Crippen LogP contribution in [-0.2, 0) is 20.0 Å². The largest absolute Gasteiger partial charge is 0.327 e. The number of benzene rings is 2. The maximum atomic E-state index is 12.4. The second-order valence-corrected chi connectivity index (χ2v) is 13.6. The van der Waals surface area contributed by atoms with Crippen LogP contribution in [0.4, 0.5) is 0 Å². The molecule has 0 aliphatic carbocycles. The van der Waals surface area contributed by atoms with Crippen molar-refractivity contribution in [1.82, 2.24) is 0 Å². The maximum absolute atomic E-state index is 12.4. The summed E-state index contributed by atoms with van der Waals surface area (Å²) in [7, 11) is -2.78. The molecule has 2 aromatic carbocycles. The lowest BCUT2D eigenvalue weighted by Gasteiger charge is -2.27. The third kappa shape index (κ3) is 4.72. The molecule has 0 unspecified atom stereocenters. The summed E-state index contributed by atoms with van der Waals surface area (Å²) in [4.78, 5) is 0.886. The molecule has 31 heavy (non-hydrogen) atoms. The Hall–Kier alpha value is -1.74. The molecule has 0 radical (unpaired) electrons. The first-order valence-electron chi connectivity index (χ1n) is 10.8. The molecule has 2 saturated heterocycles. The lowest BCUT2D eigenvalue weighted by molar-refractivity contribution is -0.770. The Morgan fingerprint density at radius 3 is 1.32 bits per heavy atom. The summed E-state index contributed by atoms with van der Waals surface area (Å²) in [5, 5.41) is 0. The van der Waals surface area contributed by atoms with E-state index >= 15 is 0 Å². The van der Waals surface area contributed by atoms with Crippen molar-refractivity contribution in [3.05, 3.63) is 60.2 Å². The van der Waals surface area contributed by atoms with E-state index < -0.39 is 20.0 Å². The molecule has 2 heterocycles. The van der Waals surface area contributed by atoms with Gasteiger partial charge in [0.15, 0.2) is 0 Å². The van der Waals surface area contributed by atoms with Crippen molar-refractivity contribution in [2.45, 2.75) is 42.4 Å². The van der Waals surface area contributed by atoms with E-state index in [0.717, 1.165) is 57.4 Å². The second-order valence-electron chi connectivity index (χ2n) is 8.98. The maximum Gasteiger partial charge on any atom is 0.327 e. The van der Waals surface area contributed by atoms with E-state index in [-0.39, 0.29) is 7.78 Å². The highest BCUT2D eigenvalue weighted by Gasteiger charge is 2.42. The number of rotatable bonds is 4. The van der Waals surface area contributed by atoms with Crippen LogP contribution in [0.15, 0.2) is 64.4 Å². The Balaban J connectivity index is 0.000000176. The van der Waals surface area contributed by atoms with E-state index in [1.54, 1.807) is 36.4 Å². The first-order valence-corrected chi connectivity index (χ1v) is 13.7. The number of aryl methyl sites for hydroxylation is 1. The van der Waals surface area contributed by atoms with Gasteiger partial charge in [-0.3, -0.25) is 0 Å². The SMILES string of the molecule is C[N+]1(S(=O)(=O)c2ccccc2)CCCC1.Cc1ccc(S(=O)(=O)[N+]2(C)CCCC2)cc1. The average Bonchev–Trinajstić information content (AvgIpc) is 3.40. The Morgan fingerprint density at radius 1 is 0.581 bits per heavy atom. The first kappa shape index (κ1) is 23.9. The Labute approximate surface area is 187 Å². The highest BCUT2D eigenvalue weighted by Crippen LogP contribution is 2.28. The van der Waals surface area contributed by atoms with Gasteiger partial charge in [-0.1, -0.05) is 35.9 Å². The van der Waals surface area contributed by atoms with Gasteiger partial charge in [0.05, 0.1) is 40.3 Å². The molecule has 170 valence electrons. The van der Waals surface area contributed by atoms with Crippen molar-refractivity contribution in [1.29, 1.82) is 0 Å². The number of nitrogens with zero attached hydrogens (tertiary/aromatic N) is 2. The Kier molecular flexibility index (Phi) is 6.96. The van der Waals surface area contributed by atoms with Crippen LogP contribution in [0.5, 0.6) is 0 Å². The highest BCUT2D eigenvalue weighted by atomic mass is 32.2. The van der Waals surface area contributed by atoms with Crippen LogP contribution >= 0.6 is 0 Å². The molecule has 0 bridgehead atoms. The Morgan fingerprint density at radius 2 is 0.935 bits per heavy atom. The zero-order chi connectivity index (χ0) is 22.8. The van der Waals surface area contributed by atoms with Gasteiger partial charge in [-0.05, 0) is 31.2 Å². The summed E-state index contributed by atoms with van der Waals surface area (Å²) in [6.45, 7) is 4.89. The van der Waals surface area contributed by atoms with Crippen LogP contribution in [0.1, 0.15) is 31.2 Å². The average molecular weight is 467 g/mol. The molecular formula is C23H34N2O4S2+2. The third-order valence-electron chi connectivity index (χ3n) is 6.54. The fraction of sp³-hybridized carbons (Fsp3) is 0.478. The van der Waals surface area contributed by atoms with E-state index in [9.17, 15) is 16.8 Å². The molecule has 6 nitrogen and oxygen atoms in total. The van der Waals surface area contributed by atoms with Crippen molar-refractivity contribution >= 4 is 20.0 Å². The van der Waals surface area contributed by atoms with Gasteiger partial charge in [0.25, 0.3) is 0 Å². The van der Waals surface area contributed by atoms with Crippen molar-refractivity contribution < 1.29 is 24.6 Å². The van der Waals surface area contributed by atoms with Crippen LogP contribution in [0.3, 0.4) is 0 Å². The topological polar surface area (TPSA) is 68.3 Å². The molecule has 0 atom stereocenters. The molecule has 2 aliphatic rings. The lowest BCUT2D eigenvalue weighted by Crippen LogP contribution is -2.46. The van der Waals surface area contributed by atoms with Gasteiger partial charge in [0.1, 0.15) is 9.79 Å². The van der Waals surface area contributed by atoms with Crippen molar-refractivity contribution in [2.75, 3.05) is 40.3 Å². The van der Waals surface area contributed by atoms with Gasteiger partial charge in [-0.2, -0.15) is 16.8 Å². The summed E-state index contributed by atoms with van der Waals surface area (Å²) in [6.07, 6.45) is 4.01. The van der Waals surface area contributed by atoms with Crippen molar-refractivity contribution in [3.63, 3.8) is 0 Å². The van der Waals surface area contributed by atoms with E-state index in [4.69, 9.17) is 0 Å². The van der Waals surface area contributed by atoms with E-state index in [1.807, 2.05) is 39.2 Å². The van der Waals surface area contributed by atoms with Crippen molar-refractivity contribution in [3.8, 4) is 0 Å². The summed E-state index contributed by atoms with van der Waals surface area (Å²) >= 11 is 0. The molecule has 0 saturated carbocycles. The minimum atomic E-state index is -3.22. The summed E-state index contributed by atoms with van der Waals surface area (Å²) in [5.74, 6) is 0. The molecule has 0 N–H and O–H groups in total. The van der Waals surface area contributed by atoms with Crippen molar-refractivity contribution in [2.24, 2.45) is 0 Å². The van der Waals surface area contributed by atoms with Gasteiger partial charge >= 0.3 is 20.0 Å². The van der Waals surface area contributed by atoms with Crippen LogP contribution in [-0.4, -0.2) is 64.9 Å². The van der Waals surface area contributed by atoms with E-state index in [0.29, 0.717) is 9.79 Å².